The molecule has 2 aromatic carbocycles. The third-order valence-corrected chi connectivity index (χ3v) is 4.19. The third kappa shape index (κ3) is 3.20. The van der Waals surface area contributed by atoms with E-state index in [0.29, 0.717) is 27.5 Å². The second-order valence-electron chi connectivity index (χ2n) is 4.54. The van der Waals surface area contributed by atoms with Gasteiger partial charge in [0.1, 0.15) is 5.82 Å². The van der Waals surface area contributed by atoms with Crippen LogP contribution in [0.25, 0.3) is 10.9 Å². The van der Waals surface area contributed by atoms with Gasteiger partial charge in [-0.05, 0) is 36.4 Å². The molecule has 106 valence electrons. The minimum Gasteiger partial charge on any atom is -0.399 e. The molecule has 0 bridgehead atoms. The van der Waals surface area contributed by atoms with Crippen molar-refractivity contribution in [2.45, 2.75) is 10.6 Å². The van der Waals surface area contributed by atoms with Crippen LogP contribution in [0.1, 0.15) is 5.82 Å². The Morgan fingerprint density at radius 2 is 2.10 bits per heavy atom. The Kier molecular flexibility index (Phi) is 3.86. The lowest BCUT2D eigenvalue weighted by Crippen LogP contribution is -2.11. The van der Waals surface area contributed by atoms with Crippen molar-refractivity contribution < 1.29 is 0 Å². The Bertz CT molecular complexity index is 863. The lowest BCUT2D eigenvalue weighted by molar-refractivity contribution is 1.04. The molecule has 0 atom stereocenters. The number of halogens is 1. The highest BCUT2D eigenvalue weighted by Crippen LogP contribution is 2.23. The number of thioether (sulfide) groups is 1. The van der Waals surface area contributed by atoms with Crippen molar-refractivity contribution in [2.75, 3.05) is 5.73 Å². The topological polar surface area (TPSA) is 71.8 Å². The van der Waals surface area contributed by atoms with Gasteiger partial charge in [-0.15, -0.1) is 11.8 Å². The van der Waals surface area contributed by atoms with E-state index in [1.807, 2.05) is 24.3 Å². The van der Waals surface area contributed by atoms with Crippen LogP contribution >= 0.6 is 23.4 Å². The van der Waals surface area contributed by atoms with E-state index in [1.54, 1.807) is 30.0 Å². The van der Waals surface area contributed by atoms with Crippen LogP contribution in [0.3, 0.4) is 0 Å². The Balaban J connectivity index is 1.88. The number of nitrogens with one attached hydrogen (secondary N) is 1. The van der Waals surface area contributed by atoms with Gasteiger partial charge in [-0.1, -0.05) is 17.7 Å². The molecular formula is C15H12ClN3OS. The van der Waals surface area contributed by atoms with Crippen molar-refractivity contribution in [3.05, 3.63) is 63.7 Å². The molecule has 1 aromatic heterocycles. The molecular weight excluding hydrogens is 306 g/mol. The number of aromatic nitrogens is 2. The summed E-state index contributed by atoms with van der Waals surface area (Å²) in [7, 11) is 0. The van der Waals surface area contributed by atoms with E-state index < -0.39 is 0 Å². The lowest BCUT2D eigenvalue weighted by Gasteiger charge is -2.04. The van der Waals surface area contributed by atoms with Crippen LogP contribution in [0.2, 0.25) is 5.02 Å². The van der Waals surface area contributed by atoms with Crippen molar-refractivity contribution >= 4 is 40.0 Å². The Morgan fingerprint density at radius 3 is 2.90 bits per heavy atom. The molecule has 0 unspecified atom stereocenters. The molecule has 0 radical (unpaired) electrons. The van der Waals surface area contributed by atoms with Gasteiger partial charge in [-0.3, -0.25) is 4.79 Å². The monoisotopic (exact) mass is 317 g/mol. The molecule has 4 nitrogen and oxygen atoms in total. The van der Waals surface area contributed by atoms with E-state index >= 15 is 0 Å². The molecule has 0 aliphatic heterocycles. The fourth-order valence-corrected chi connectivity index (χ4v) is 2.99. The number of rotatable bonds is 3. The second-order valence-corrected chi connectivity index (χ2v) is 6.02. The van der Waals surface area contributed by atoms with E-state index in [2.05, 4.69) is 9.97 Å². The summed E-state index contributed by atoms with van der Waals surface area (Å²) < 4.78 is 0. The number of anilines is 1. The van der Waals surface area contributed by atoms with E-state index in [0.717, 1.165) is 10.6 Å². The summed E-state index contributed by atoms with van der Waals surface area (Å²) in [5.74, 6) is 1.19. The SMILES string of the molecule is Nc1cccc(SCc2nc3ccc(Cl)cc3c(=O)[nH]2)c1. The van der Waals surface area contributed by atoms with Crippen molar-refractivity contribution in [1.29, 1.82) is 0 Å². The van der Waals surface area contributed by atoms with Crippen LogP contribution in [0.4, 0.5) is 5.69 Å². The number of hydrogen-bond donors (Lipinski definition) is 2. The summed E-state index contributed by atoms with van der Waals surface area (Å²) in [6.07, 6.45) is 0. The van der Waals surface area contributed by atoms with E-state index in [9.17, 15) is 4.79 Å². The second kappa shape index (κ2) is 5.79. The first kappa shape index (κ1) is 14.0. The molecule has 0 aliphatic rings. The Morgan fingerprint density at radius 1 is 1.24 bits per heavy atom. The van der Waals surface area contributed by atoms with Crippen LogP contribution in [-0.4, -0.2) is 9.97 Å². The number of H-pyrrole nitrogens is 1. The Labute approximate surface area is 130 Å². The maximum Gasteiger partial charge on any atom is 0.258 e. The Hall–Kier alpha value is -1.98. The summed E-state index contributed by atoms with van der Waals surface area (Å²) in [6.45, 7) is 0. The molecule has 6 heteroatoms. The minimum atomic E-state index is -0.175. The third-order valence-electron chi connectivity index (χ3n) is 2.95. The standard InChI is InChI=1S/C15H12ClN3OS/c16-9-4-5-13-12(6-9)15(20)19-14(18-13)8-21-11-3-1-2-10(17)7-11/h1-7H,8,17H2,(H,18,19,20). The molecule has 0 amide bonds. The highest BCUT2D eigenvalue weighted by atomic mass is 35.5. The van der Waals surface area contributed by atoms with Crippen LogP contribution in [0, 0.1) is 0 Å². The van der Waals surface area contributed by atoms with Gasteiger partial charge >= 0.3 is 0 Å². The highest BCUT2D eigenvalue weighted by molar-refractivity contribution is 7.98. The summed E-state index contributed by atoms with van der Waals surface area (Å²) >= 11 is 7.46. The normalized spacial score (nSPS) is 10.9. The van der Waals surface area contributed by atoms with Crippen molar-refractivity contribution in [2.24, 2.45) is 0 Å². The van der Waals surface area contributed by atoms with Crippen LogP contribution in [0.5, 0.6) is 0 Å². The number of hydrogen-bond acceptors (Lipinski definition) is 4. The molecule has 0 spiro atoms. The van der Waals surface area contributed by atoms with Crippen LogP contribution in [-0.2, 0) is 5.75 Å². The van der Waals surface area contributed by atoms with Crippen LogP contribution < -0.4 is 11.3 Å². The molecule has 3 N–H and O–H groups in total. The predicted molar refractivity (Wildman–Crippen MR) is 87.8 cm³/mol. The molecule has 21 heavy (non-hydrogen) atoms. The number of benzene rings is 2. The molecule has 3 rings (SSSR count). The van der Waals surface area contributed by atoms with E-state index in [-0.39, 0.29) is 5.56 Å². The first-order valence-electron chi connectivity index (χ1n) is 6.28. The van der Waals surface area contributed by atoms with E-state index in [1.165, 1.54) is 0 Å². The van der Waals surface area contributed by atoms with Crippen LogP contribution in [0.15, 0.2) is 52.2 Å². The smallest absolute Gasteiger partial charge is 0.258 e. The molecule has 0 saturated carbocycles. The largest absolute Gasteiger partial charge is 0.399 e. The molecule has 0 saturated heterocycles. The van der Waals surface area contributed by atoms with Crippen molar-refractivity contribution in [3.8, 4) is 0 Å². The van der Waals surface area contributed by atoms with Gasteiger partial charge in [-0.2, -0.15) is 0 Å². The first-order valence-corrected chi connectivity index (χ1v) is 7.65. The zero-order chi connectivity index (χ0) is 14.8. The molecule has 3 aromatic rings. The van der Waals surface area contributed by atoms with Gasteiger partial charge in [0.2, 0.25) is 0 Å². The molecule has 1 heterocycles. The van der Waals surface area contributed by atoms with Gasteiger partial charge in [0, 0.05) is 15.6 Å². The lowest BCUT2D eigenvalue weighted by atomic mass is 10.2. The number of nitrogens with two attached hydrogens (primary N) is 1. The number of fused-ring (bicyclic) bond motifs is 1. The predicted octanol–water partition coefficient (Wildman–Crippen LogP) is 3.45. The maximum atomic E-state index is 12.0. The summed E-state index contributed by atoms with van der Waals surface area (Å²) in [5.41, 5.74) is 6.93. The zero-order valence-corrected chi connectivity index (χ0v) is 12.5. The van der Waals surface area contributed by atoms with Crippen molar-refractivity contribution in [1.82, 2.24) is 9.97 Å². The summed E-state index contributed by atoms with van der Waals surface area (Å²) in [6, 6.07) is 12.7. The highest BCUT2D eigenvalue weighted by Gasteiger charge is 2.05. The number of nitrogen functional groups attached to an aromatic ring is 1. The maximum absolute atomic E-state index is 12.0. The van der Waals surface area contributed by atoms with Gasteiger partial charge < -0.3 is 10.7 Å². The number of aromatic amines is 1. The average Bonchev–Trinajstić information content (AvgIpc) is 2.46. The van der Waals surface area contributed by atoms with Gasteiger partial charge in [0.05, 0.1) is 16.7 Å². The molecule has 0 aliphatic carbocycles. The number of nitrogens with zero attached hydrogens (tertiary/aromatic N) is 1. The van der Waals surface area contributed by atoms with Gasteiger partial charge in [0.25, 0.3) is 5.56 Å². The van der Waals surface area contributed by atoms with E-state index in [4.69, 9.17) is 17.3 Å². The summed E-state index contributed by atoms with van der Waals surface area (Å²) in [4.78, 5) is 20.3. The van der Waals surface area contributed by atoms with Gasteiger partial charge in [-0.25, -0.2) is 4.98 Å². The fraction of sp³-hybridized carbons (Fsp3) is 0.0667. The average molecular weight is 318 g/mol. The van der Waals surface area contributed by atoms with Gasteiger partial charge in [0.15, 0.2) is 0 Å². The molecule has 0 fully saturated rings. The minimum absolute atomic E-state index is 0.175. The van der Waals surface area contributed by atoms with Crippen molar-refractivity contribution in [3.63, 3.8) is 0 Å². The summed E-state index contributed by atoms with van der Waals surface area (Å²) in [5, 5.41) is 1.02. The first-order chi connectivity index (χ1) is 10.1. The zero-order valence-electron chi connectivity index (χ0n) is 11.0. The fourth-order valence-electron chi connectivity index (χ4n) is 1.98. The quantitative estimate of drug-likeness (QED) is 0.573.